The second-order valence-electron chi connectivity index (χ2n) is 10.1. The topological polar surface area (TPSA) is 117 Å². The Labute approximate surface area is 238 Å². The minimum absolute atomic E-state index is 0.0142. The first-order chi connectivity index (χ1) is 20.0. The number of nitro benzene ring substituents is 1. The smallest absolute Gasteiger partial charge is 0.269 e. The molecule has 10 heteroatoms. The van der Waals surface area contributed by atoms with E-state index in [0.29, 0.717) is 43.1 Å². The van der Waals surface area contributed by atoms with E-state index in [1.54, 1.807) is 30.3 Å². The van der Waals surface area contributed by atoms with Crippen LogP contribution >= 0.6 is 0 Å². The van der Waals surface area contributed by atoms with Crippen molar-refractivity contribution in [1.29, 1.82) is 0 Å². The van der Waals surface area contributed by atoms with E-state index < -0.39 is 4.92 Å². The van der Waals surface area contributed by atoms with Crippen LogP contribution in [0.25, 0.3) is 6.08 Å². The van der Waals surface area contributed by atoms with Gasteiger partial charge in [0, 0.05) is 68.9 Å². The third-order valence-electron chi connectivity index (χ3n) is 7.33. The van der Waals surface area contributed by atoms with Gasteiger partial charge in [0.05, 0.1) is 23.7 Å². The first-order valence-electron chi connectivity index (χ1n) is 13.7. The van der Waals surface area contributed by atoms with Crippen LogP contribution in [0.2, 0.25) is 0 Å². The van der Waals surface area contributed by atoms with Crippen LogP contribution < -0.4 is 15.5 Å². The molecule has 0 saturated carbocycles. The van der Waals surface area contributed by atoms with E-state index in [9.17, 15) is 19.7 Å². The van der Waals surface area contributed by atoms with Crippen LogP contribution in [0.4, 0.5) is 17.1 Å². The number of fused-ring (bicyclic) bond motifs is 1. The molecule has 10 nitrogen and oxygen atoms in total. The summed E-state index contributed by atoms with van der Waals surface area (Å²) in [6.45, 7) is 5.85. The summed E-state index contributed by atoms with van der Waals surface area (Å²) in [5, 5.41) is 16.8. The predicted octanol–water partition coefficient (Wildman–Crippen LogP) is 3.87. The zero-order valence-corrected chi connectivity index (χ0v) is 22.8. The van der Waals surface area contributed by atoms with Crippen LogP contribution in [0.15, 0.2) is 72.8 Å². The molecule has 41 heavy (non-hydrogen) atoms. The van der Waals surface area contributed by atoms with Crippen LogP contribution in [-0.2, 0) is 22.5 Å². The molecule has 0 spiro atoms. The van der Waals surface area contributed by atoms with Gasteiger partial charge in [-0.15, -0.1) is 0 Å². The third kappa shape index (κ3) is 7.36. The Hall–Kier alpha value is -4.54. The number of carbonyl (C=O) groups excluding carboxylic acids is 2. The SMILES string of the molecule is O=C(/C=C/c1ccc([N+](=O)[O-])cc1)Nc1ccc(N2CCc3ccccc3C2)c(C(=O)NCCN2CCOCC2)c1. The highest BCUT2D eigenvalue weighted by molar-refractivity contribution is 6.05. The van der Waals surface area contributed by atoms with E-state index in [-0.39, 0.29) is 17.5 Å². The van der Waals surface area contributed by atoms with Crippen molar-refractivity contribution >= 4 is 35.0 Å². The van der Waals surface area contributed by atoms with Gasteiger partial charge in [-0.1, -0.05) is 24.3 Å². The fourth-order valence-corrected chi connectivity index (χ4v) is 5.08. The summed E-state index contributed by atoms with van der Waals surface area (Å²) in [5.74, 6) is -0.564. The van der Waals surface area contributed by atoms with Crippen LogP contribution in [0.3, 0.4) is 0 Å². The summed E-state index contributed by atoms with van der Waals surface area (Å²) in [5.41, 5.74) is 5.04. The maximum Gasteiger partial charge on any atom is 0.269 e. The summed E-state index contributed by atoms with van der Waals surface area (Å²) < 4.78 is 5.41. The van der Waals surface area contributed by atoms with Crippen molar-refractivity contribution in [2.45, 2.75) is 13.0 Å². The number of amides is 2. The number of ether oxygens (including phenoxy) is 1. The summed E-state index contributed by atoms with van der Waals surface area (Å²) >= 11 is 0. The lowest BCUT2D eigenvalue weighted by Gasteiger charge is -2.32. The normalized spacial score (nSPS) is 15.4. The summed E-state index contributed by atoms with van der Waals surface area (Å²) in [7, 11) is 0. The second kappa shape index (κ2) is 13.2. The Morgan fingerprint density at radius 1 is 0.976 bits per heavy atom. The Morgan fingerprint density at radius 2 is 1.73 bits per heavy atom. The Bertz CT molecular complexity index is 1430. The van der Waals surface area contributed by atoms with Gasteiger partial charge in [0.15, 0.2) is 0 Å². The lowest BCUT2D eigenvalue weighted by atomic mass is 9.98. The molecular weight excluding hydrogens is 522 g/mol. The molecule has 2 heterocycles. The largest absolute Gasteiger partial charge is 0.379 e. The minimum atomic E-state index is -0.469. The van der Waals surface area contributed by atoms with Crippen LogP contribution in [0.5, 0.6) is 0 Å². The van der Waals surface area contributed by atoms with Crippen molar-refractivity contribution in [3.63, 3.8) is 0 Å². The number of hydrogen-bond acceptors (Lipinski definition) is 7. The number of rotatable bonds is 9. The van der Waals surface area contributed by atoms with Crippen molar-refractivity contribution in [2.24, 2.45) is 0 Å². The van der Waals surface area contributed by atoms with E-state index in [1.165, 1.54) is 29.3 Å². The summed E-state index contributed by atoms with van der Waals surface area (Å²) in [6, 6.07) is 19.7. The van der Waals surface area contributed by atoms with Crippen LogP contribution in [-0.4, -0.2) is 67.6 Å². The maximum atomic E-state index is 13.5. The fraction of sp³-hybridized carbons (Fsp3) is 0.290. The summed E-state index contributed by atoms with van der Waals surface area (Å²) in [4.78, 5) is 41.0. The zero-order chi connectivity index (χ0) is 28.6. The first-order valence-corrected chi connectivity index (χ1v) is 13.7. The van der Waals surface area contributed by atoms with Gasteiger partial charge in [0.2, 0.25) is 5.91 Å². The average Bonchev–Trinajstić information content (AvgIpc) is 3.00. The number of nitrogens with zero attached hydrogens (tertiary/aromatic N) is 3. The van der Waals surface area contributed by atoms with Crippen LogP contribution in [0.1, 0.15) is 27.0 Å². The molecule has 0 atom stereocenters. The predicted molar refractivity (Wildman–Crippen MR) is 158 cm³/mol. The Balaban J connectivity index is 1.30. The van der Waals surface area contributed by atoms with Gasteiger partial charge in [-0.05, 0) is 59.5 Å². The van der Waals surface area contributed by atoms with Crippen molar-refractivity contribution < 1.29 is 19.2 Å². The number of non-ortho nitro benzene ring substituents is 1. The van der Waals surface area contributed by atoms with E-state index in [1.807, 2.05) is 12.1 Å². The third-order valence-corrected chi connectivity index (χ3v) is 7.33. The highest BCUT2D eigenvalue weighted by atomic mass is 16.6. The number of benzene rings is 3. The molecule has 212 valence electrons. The highest BCUT2D eigenvalue weighted by Gasteiger charge is 2.22. The number of hydrogen-bond donors (Lipinski definition) is 2. The molecule has 1 saturated heterocycles. The van der Waals surface area contributed by atoms with Gasteiger partial charge in [0.25, 0.3) is 11.6 Å². The molecule has 2 aliphatic heterocycles. The van der Waals surface area contributed by atoms with Gasteiger partial charge in [0.1, 0.15) is 0 Å². The molecule has 5 rings (SSSR count). The van der Waals surface area contributed by atoms with Crippen molar-refractivity contribution in [3.8, 4) is 0 Å². The van der Waals surface area contributed by atoms with Crippen LogP contribution in [0, 0.1) is 10.1 Å². The standard InChI is InChI=1S/C31H33N5O5/c37-30(12-7-23-5-9-27(10-6-23)36(39)40)33-26-8-11-29(35-15-13-24-3-1-2-4-25(24)22-35)28(21-26)31(38)32-14-16-34-17-19-41-20-18-34/h1-12,21H,13-20,22H2,(H,32,38)(H,33,37)/b12-7+. The molecule has 2 N–H and O–H groups in total. The molecule has 3 aromatic carbocycles. The molecule has 1 fully saturated rings. The molecule has 3 aromatic rings. The molecule has 0 aromatic heterocycles. The maximum absolute atomic E-state index is 13.5. The number of morpholine rings is 1. The lowest BCUT2D eigenvalue weighted by molar-refractivity contribution is -0.384. The molecule has 2 amide bonds. The fourth-order valence-electron chi connectivity index (χ4n) is 5.08. The minimum Gasteiger partial charge on any atom is -0.379 e. The monoisotopic (exact) mass is 555 g/mol. The molecule has 0 unspecified atom stereocenters. The molecule has 0 aliphatic carbocycles. The van der Waals surface area contributed by atoms with Gasteiger partial charge in [-0.3, -0.25) is 24.6 Å². The zero-order valence-electron chi connectivity index (χ0n) is 22.8. The quantitative estimate of drug-likeness (QED) is 0.234. The molecular formula is C31H33N5O5. The van der Waals surface area contributed by atoms with E-state index in [4.69, 9.17) is 4.74 Å². The number of anilines is 2. The average molecular weight is 556 g/mol. The lowest BCUT2D eigenvalue weighted by Crippen LogP contribution is -2.41. The van der Waals surface area contributed by atoms with Crippen molar-refractivity contribution in [2.75, 3.05) is 56.2 Å². The molecule has 2 aliphatic rings. The van der Waals surface area contributed by atoms with E-state index in [2.05, 4.69) is 38.6 Å². The number of nitro groups is 1. The Kier molecular flexibility index (Phi) is 9.02. The Morgan fingerprint density at radius 3 is 2.49 bits per heavy atom. The second-order valence-corrected chi connectivity index (χ2v) is 10.1. The number of nitrogens with one attached hydrogen (secondary N) is 2. The highest BCUT2D eigenvalue weighted by Crippen LogP contribution is 2.29. The van der Waals surface area contributed by atoms with Gasteiger partial charge >= 0.3 is 0 Å². The van der Waals surface area contributed by atoms with E-state index in [0.717, 1.165) is 38.3 Å². The first kappa shape index (κ1) is 28.0. The summed E-state index contributed by atoms with van der Waals surface area (Å²) in [6.07, 6.45) is 3.83. The molecule has 0 bridgehead atoms. The molecule has 0 radical (unpaired) electrons. The van der Waals surface area contributed by atoms with Crippen molar-refractivity contribution in [1.82, 2.24) is 10.2 Å². The number of carbonyl (C=O) groups is 2. The van der Waals surface area contributed by atoms with Gasteiger partial charge < -0.3 is 20.3 Å². The van der Waals surface area contributed by atoms with Gasteiger partial charge in [-0.25, -0.2) is 0 Å². The van der Waals surface area contributed by atoms with E-state index >= 15 is 0 Å². The van der Waals surface area contributed by atoms with Crippen molar-refractivity contribution in [3.05, 3.63) is 105 Å². The van der Waals surface area contributed by atoms with Gasteiger partial charge in [-0.2, -0.15) is 0 Å².